The number of likely N-dealkylation sites (N-methyl/N-ethyl adjacent to an activating group) is 1. The van der Waals surface area contributed by atoms with Crippen LogP contribution in [0.3, 0.4) is 0 Å². The Morgan fingerprint density at radius 2 is 2.17 bits per heavy atom. The van der Waals surface area contributed by atoms with Gasteiger partial charge in [-0.15, -0.1) is 0 Å². The molecule has 2 rings (SSSR count). The number of nitrogens with zero attached hydrogens (tertiary/aromatic N) is 4. The van der Waals surface area contributed by atoms with Gasteiger partial charge >= 0.3 is 5.97 Å². The zero-order valence-electron chi connectivity index (χ0n) is 10.2. The van der Waals surface area contributed by atoms with E-state index in [-0.39, 0.29) is 6.54 Å². The lowest BCUT2D eigenvalue weighted by Crippen LogP contribution is -2.37. The number of aromatic nitrogens is 2. The highest BCUT2D eigenvalue weighted by Gasteiger charge is 2.13. The molecule has 0 spiro atoms. The monoisotopic (exact) mass is 252 g/mol. The molecular weight excluding hydrogens is 236 g/mol. The van der Waals surface area contributed by atoms with E-state index in [0.717, 1.165) is 18.9 Å². The number of carboxylic acid groups (broad SMARTS) is 1. The van der Waals surface area contributed by atoms with Gasteiger partial charge in [0.1, 0.15) is 18.2 Å². The quantitative estimate of drug-likeness (QED) is 0.797. The molecular formula is C11H16N4O3. The molecule has 0 bridgehead atoms. The smallest absolute Gasteiger partial charge is 0.323 e. The van der Waals surface area contributed by atoms with Crippen molar-refractivity contribution in [2.24, 2.45) is 0 Å². The Morgan fingerprint density at radius 1 is 1.44 bits per heavy atom. The Hall–Kier alpha value is -1.89. The summed E-state index contributed by atoms with van der Waals surface area (Å²) >= 11 is 0. The van der Waals surface area contributed by atoms with Crippen molar-refractivity contribution >= 4 is 17.6 Å². The zero-order chi connectivity index (χ0) is 13.0. The first kappa shape index (κ1) is 12.6. The second kappa shape index (κ2) is 5.63. The molecule has 7 nitrogen and oxygen atoms in total. The summed E-state index contributed by atoms with van der Waals surface area (Å²) in [6, 6.07) is 0. The van der Waals surface area contributed by atoms with E-state index in [9.17, 15) is 4.79 Å². The summed E-state index contributed by atoms with van der Waals surface area (Å²) in [4.78, 5) is 22.7. The third-order valence-corrected chi connectivity index (χ3v) is 2.72. The summed E-state index contributed by atoms with van der Waals surface area (Å²) in [5.41, 5.74) is 0. The van der Waals surface area contributed by atoms with Crippen molar-refractivity contribution in [3.63, 3.8) is 0 Å². The molecule has 1 aliphatic heterocycles. The van der Waals surface area contributed by atoms with Crippen LogP contribution in [0, 0.1) is 0 Å². The van der Waals surface area contributed by atoms with Crippen LogP contribution >= 0.6 is 0 Å². The Kier molecular flexibility index (Phi) is 3.93. The van der Waals surface area contributed by atoms with Gasteiger partial charge in [0, 0.05) is 20.1 Å². The number of rotatable bonds is 4. The van der Waals surface area contributed by atoms with Crippen molar-refractivity contribution in [2.75, 3.05) is 49.7 Å². The van der Waals surface area contributed by atoms with Crippen LogP contribution in [0.25, 0.3) is 0 Å². The van der Waals surface area contributed by atoms with Gasteiger partial charge in [0.05, 0.1) is 25.6 Å². The molecule has 0 atom stereocenters. The molecule has 1 N–H and O–H groups in total. The van der Waals surface area contributed by atoms with E-state index in [1.54, 1.807) is 24.3 Å². The highest BCUT2D eigenvalue weighted by atomic mass is 16.5. The minimum Gasteiger partial charge on any atom is -0.480 e. The van der Waals surface area contributed by atoms with Crippen LogP contribution in [-0.4, -0.2) is 60.9 Å². The SMILES string of the molecule is CN(CC(=O)O)c1cnc(N2CCOCC2)cn1. The van der Waals surface area contributed by atoms with Crippen molar-refractivity contribution in [3.8, 4) is 0 Å². The van der Waals surface area contributed by atoms with Gasteiger partial charge < -0.3 is 19.6 Å². The van der Waals surface area contributed by atoms with Gasteiger partial charge in [0.25, 0.3) is 0 Å². The van der Waals surface area contributed by atoms with Gasteiger partial charge in [-0.2, -0.15) is 0 Å². The first-order chi connectivity index (χ1) is 8.66. The third-order valence-electron chi connectivity index (χ3n) is 2.72. The summed E-state index contributed by atoms with van der Waals surface area (Å²) in [7, 11) is 1.67. The number of ether oxygens (including phenoxy) is 1. The highest BCUT2D eigenvalue weighted by molar-refractivity contribution is 5.72. The predicted molar refractivity (Wildman–Crippen MR) is 66.0 cm³/mol. The van der Waals surface area contributed by atoms with Gasteiger partial charge in [-0.3, -0.25) is 4.79 Å². The summed E-state index contributed by atoms with van der Waals surface area (Å²) < 4.78 is 5.26. The van der Waals surface area contributed by atoms with Crippen LogP contribution < -0.4 is 9.80 Å². The zero-order valence-corrected chi connectivity index (χ0v) is 10.2. The minimum atomic E-state index is -0.892. The maximum absolute atomic E-state index is 10.6. The van der Waals surface area contributed by atoms with Crippen LogP contribution in [0.4, 0.5) is 11.6 Å². The van der Waals surface area contributed by atoms with E-state index in [1.807, 2.05) is 0 Å². The molecule has 0 amide bonds. The summed E-state index contributed by atoms with van der Waals surface area (Å²) in [6.07, 6.45) is 3.26. The maximum atomic E-state index is 10.6. The molecule has 1 aromatic heterocycles. The van der Waals surface area contributed by atoms with Crippen LogP contribution in [0.5, 0.6) is 0 Å². The lowest BCUT2D eigenvalue weighted by Gasteiger charge is -2.27. The molecule has 1 aliphatic rings. The Morgan fingerprint density at radius 3 is 2.72 bits per heavy atom. The van der Waals surface area contributed by atoms with Gasteiger partial charge in [0.2, 0.25) is 0 Å². The third kappa shape index (κ3) is 3.07. The van der Waals surface area contributed by atoms with E-state index >= 15 is 0 Å². The molecule has 0 unspecified atom stereocenters. The molecule has 1 saturated heterocycles. The normalized spacial score (nSPS) is 15.5. The molecule has 1 aromatic rings. The number of carbonyl (C=O) groups is 1. The molecule has 0 saturated carbocycles. The Bertz CT molecular complexity index is 403. The molecule has 18 heavy (non-hydrogen) atoms. The number of carboxylic acids is 1. The van der Waals surface area contributed by atoms with E-state index < -0.39 is 5.97 Å². The van der Waals surface area contributed by atoms with Crippen LogP contribution in [0.15, 0.2) is 12.4 Å². The topological polar surface area (TPSA) is 78.8 Å². The number of morpholine rings is 1. The van der Waals surface area contributed by atoms with Crippen LogP contribution in [0.2, 0.25) is 0 Å². The maximum Gasteiger partial charge on any atom is 0.323 e. The summed E-state index contributed by atoms with van der Waals surface area (Å²) in [5.74, 6) is 0.455. The number of hydrogen-bond donors (Lipinski definition) is 1. The molecule has 98 valence electrons. The van der Waals surface area contributed by atoms with E-state index in [2.05, 4.69) is 14.9 Å². The summed E-state index contributed by atoms with van der Waals surface area (Å²) in [5, 5.41) is 8.69. The first-order valence-corrected chi connectivity index (χ1v) is 5.74. The lowest BCUT2D eigenvalue weighted by atomic mass is 10.4. The largest absolute Gasteiger partial charge is 0.480 e. The van der Waals surface area contributed by atoms with E-state index in [0.29, 0.717) is 19.0 Å². The minimum absolute atomic E-state index is 0.0917. The molecule has 7 heteroatoms. The number of anilines is 2. The van der Waals surface area contributed by atoms with Gasteiger partial charge in [-0.25, -0.2) is 9.97 Å². The Balaban J connectivity index is 2.02. The average molecular weight is 252 g/mol. The molecule has 2 heterocycles. The van der Waals surface area contributed by atoms with Crippen molar-refractivity contribution in [1.82, 2.24) is 9.97 Å². The van der Waals surface area contributed by atoms with Crippen molar-refractivity contribution < 1.29 is 14.6 Å². The van der Waals surface area contributed by atoms with Crippen LogP contribution in [0.1, 0.15) is 0 Å². The molecule has 0 aliphatic carbocycles. The second-order valence-corrected chi connectivity index (χ2v) is 4.08. The first-order valence-electron chi connectivity index (χ1n) is 5.74. The molecule has 0 aromatic carbocycles. The molecule has 0 radical (unpaired) electrons. The second-order valence-electron chi connectivity index (χ2n) is 4.08. The van der Waals surface area contributed by atoms with Gasteiger partial charge in [-0.1, -0.05) is 0 Å². The molecule has 1 fully saturated rings. The van der Waals surface area contributed by atoms with E-state index in [4.69, 9.17) is 9.84 Å². The number of hydrogen-bond acceptors (Lipinski definition) is 6. The average Bonchev–Trinajstić information content (AvgIpc) is 2.39. The van der Waals surface area contributed by atoms with Crippen molar-refractivity contribution in [2.45, 2.75) is 0 Å². The fraction of sp³-hybridized carbons (Fsp3) is 0.545. The van der Waals surface area contributed by atoms with Gasteiger partial charge in [-0.05, 0) is 0 Å². The lowest BCUT2D eigenvalue weighted by molar-refractivity contribution is -0.135. The Labute approximate surface area is 105 Å². The number of aliphatic carboxylic acids is 1. The van der Waals surface area contributed by atoms with Crippen molar-refractivity contribution in [3.05, 3.63) is 12.4 Å². The highest BCUT2D eigenvalue weighted by Crippen LogP contribution is 2.14. The summed E-state index contributed by atoms with van der Waals surface area (Å²) in [6.45, 7) is 2.91. The van der Waals surface area contributed by atoms with Crippen LogP contribution in [-0.2, 0) is 9.53 Å². The predicted octanol–water partition coefficient (Wildman–Crippen LogP) is -0.166. The standard InChI is InChI=1S/C11H16N4O3/c1-14(8-11(16)17)9-6-13-10(7-12-9)15-2-4-18-5-3-15/h6-7H,2-5,8H2,1H3,(H,16,17). The van der Waals surface area contributed by atoms with Gasteiger partial charge in [0.15, 0.2) is 0 Å². The van der Waals surface area contributed by atoms with Crippen molar-refractivity contribution in [1.29, 1.82) is 0 Å². The fourth-order valence-electron chi connectivity index (χ4n) is 1.75. The fourth-order valence-corrected chi connectivity index (χ4v) is 1.75. The van der Waals surface area contributed by atoms with E-state index in [1.165, 1.54) is 0 Å².